The number of hydrogen-bond donors (Lipinski definition) is 2. The van der Waals surface area contributed by atoms with Gasteiger partial charge in [-0.15, -0.1) is 0 Å². The summed E-state index contributed by atoms with van der Waals surface area (Å²) in [7, 11) is -3.92. The predicted octanol–water partition coefficient (Wildman–Crippen LogP) is 1.24. The largest absolute Gasteiger partial charge is 0.479 e. The van der Waals surface area contributed by atoms with Gasteiger partial charge in [0.15, 0.2) is 6.10 Å². The van der Waals surface area contributed by atoms with Gasteiger partial charge in [0.05, 0.1) is 0 Å². The fourth-order valence-electron chi connectivity index (χ4n) is 1.90. The Kier molecular flexibility index (Phi) is 5.74. The Bertz CT molecular complexity index is 626. The molecule has 1 atom stereocenters. The number of sulfonamides is 1. The molecule has 1 aromatic rings. The molecule has 7 heteroatoms. The first kappa shape index (κ1) is 17.5. The van der Waals surface area contributed by atoms with Gasteiger partial charge in [0.1, 0.15) is 10.6 Å². The highest BCUT2D eigenvalue weighted by Gasteiger charge is 2.22. The molecule has 118 valence electrons. The molecule has 3 N–H and O–H groups in total. The molecule has 0 radical (unpaired) electrons. The van der Waals surface area contributed by atoms with Crippen LogP contribution in [0.5, 0.6) is 5.75 Å². The molecule has 6 nitrogen and oxygen atoms in total. The summed E-state index contributed by atoms with van der Waals surface area (Å²) in [6, 6.07) is 3.22. The third-order valence-corrected chi connectivity index (χ3v) is 3.82. The quantitative estimate of drug-likeness (QED) is 0.825. The highest BCUT2D eigenvalue weighted by molar-refractivity contribution is 7.89. The number of nitrogens with one attached hydrogen (secondary N) is 1. The standard InChI is InChI=1S/C14H22N2O4S/c1-5-6-16-14(17)11(4)20-13-10(3)7-9(2)8-12(13)21(15,18)19/h7-8,11H,5-6H2,1-4H3,(H,16,17)(H2,15,18,19). The number of amides is 1. The molecule has 0 bridgehead atoms. The van der Waals surface area contributed by atoms with E-state index < -0.39 is 16.1 Å². The minimum absolute atomic E-state index is 0.102. The lowest BCUT2D eigenvalue weighted by Crippen LogP contribution is -2.37. The van der Waals surface area contributed by atoms with Crippen molar-refractivity contribution in [3.8, 4) is 5.75 Å². The molecule has 0 aliphatic carbocycles. The zero-order chi connectivity index (χ0) is 16.2. The fraction of sp³-hybridized carbons (Fsp3) is 0.500. The Morgan fingerprint density at radius 2 is 2.00 bits per heavy atom. The Hall–Kier alpha value is -1.60. The third-order valence-electron chi connectivity index (χ3n) is 2.90. The zero-order valence-corrected chi connectivity index (χ0v) is 13.6. The van der Waals surface area contributed by atoms with E-state index in [1.54, 1.807) is 26.8 Å². The molecule has 1 amide bonds. The molecule has 21 heavy (non-hydrogen) atoms. The van der Waals surface area contributed by atoms with Crippen molar-refractivity contribution in [1.29, 1.82) is 0 Å². The van der Waals surface area contributed by atoms with Crippen LogP contribution >= 0.6 is 0 Å². The van der Waals surface area contributed by atoms with E-state index in [9.17, 15) is 13.2 Å². The lowest BCUT2D eigenvalue weighted by molar-refractivity contribution is -0.127. The SMILES string of the molecule is CCCNC(=O)C(C)Oc1c(C)cc(C)cc1S(N)(=O)=O. The van der Waals surface area contributed by atoms with Crippen molar-refractivity contribution in [3.63, 3.8) is 0 Å². The molecule has 0 aliphatic heterocycles. The van der Waals surface area contributed by atoms with Gasteiger partial charge in [-0.1, -0.05) is 13.0 Å². The molecular formula is C14H22N2O4S. The maximum absolute atomic E-state index is 11.8. The predicted molar refractivity (Wildman–Crippen MR) is 80.7 cm³/mol. The first-order valence-corrected chi connectivity index (χ1v) is 8.29. The molecule has 0 saturated heterocycles. The highest BCUT2D eigenvalue weighted by atomic mass is 32.2. The molecule has 0 aliphatic rings. The molecule has 0 aromatic heterocycles. The van der Waals surface area contributed by atoms with Gasteiger partial charge in [0, 0.05) is 6.54 Å². The second kappa shape index (κ2) is 6.91. The average molecular weight is 314 g/mol. The summed E-state index contributed by atoms with van der Waals surface area (Å²) in [5.41, 5.74) is 1.38. The number of primary sulfonamides is 1. The number of carbonyl (C=O) groups is 1. The minimum atomic E-state index is -3.92. The summed E-state index contributed by atoms with van der Waals surface area (Å²) in [6.45, 7) is 7.53. The number of ether oxygens (including phenoxy) is 1. The minimum Gasteiger partial charge on any atom is -0.479 e. The summed E-state index contributed by atoms with van der Waals surface area (Å²) < 4.78 is 28.9. The van der Waals surface area contributed by atoms with Gasteiger partial charge in [-0.3, -0.25) is 4.79 Å². The van der Waals surface area contributed by atoms with Crippen molar-refractivity contribution in [1.82, 2.24) is 5.32 Å². The van der Waals surface area contributed by atoms with Crippen molar-refractivity contribution in [2.24, 2.45) is 5.14 Å². The molecular weight excluding hydrogens is 292 g/mol. The molecule has 0 heterocycles. The topological polar surface area (TPSA) is 98.5 Å². The maximum atomic E-state index is 11.8. The molecule has 0 saturated carbocycles. The Morgan fingerprint density at radius 1 is 1.38 bits per heavy atom. The van der Waals surface area contributed by atoms with E-state index >= 15 is 0 Å². The van der Waals surface area contributed by atoms with Gasteiger partial charge >= 0.3 is 0 Å². The van der Waals surface area contributed by atoms with Gasteiger partial charge in [0.2, 0.25) is 10.0 Å². The van der Waals surface area contributed by atoms with Gasteiger partial charge in [-0.25, -0.2) is 13.6 Å². The summed E-state index contributed by atoms with van der Waals surface area (Å²) in [5, 5.41) is 7.92. The monoisotopic (exact) mass is 314 g/mol. The molecule has 0 fully saturated rings. The van der Waals surface area contributed by atoms with Crippen molar-refractivity contribution in [3.05, 3.63) is 23.3 Å². The number of carbonyl (C=O) groups excluding carboxylic acids is 1. The highest BCUT2D eigenvalue weighted by Crippen LogP contribution is 2.29. The van der Waals surface area contributed by atoms with E-state index in [1.165, 1.54) is 6.07 Å². The van der Waals surface area contributed by atoms with E-state index in [1.807, 2.05) is 6.92 Å². The van der Waals surface area contributed by atoms with Gasteiger partial charge in [0.25, 0.3) is 5.91 Å². The van der Waals surface area contributed by atoms with E-state index in [2.05, 4.69) is 5.32 Å². The van der Waals surface area contributed by atoms with Crippen LogP contribution in [0.4, 0.5) is 0 Å². The van der Waals surface area contributed by atoms with Crippen molar-refractivity contribution < 1.29 is 17.9 Å². The second-order valence-electron chi connectivity index (χ2n) is 5.01. The first-order valence-electron chi connectivity index (χ1n) is 6.75. The van der Waals surface area contributed by atoms with Gasteiger partial charge in [-0.2, -0.15) is 0 Å². The zero-order valence-electron chi connectivity index (χ0n) is 12.8. The smallest absolute Gasteiger partial charge is 0.260 e. The lowest BCUT2D eigenvalue weighted by atomic mass is 10.1. The number of aryl methyl sites for hydroxylation is 2. The average Bonchev–Trinajstić information content (AvgIpc) is 2.37. The van der Waals surface area contributed by atoms with Gasteiger partial charge < -0.3 is 10.1 Å². The van der Waals surface area contributed by atoms with E-state index in [0.29, 0.717) is 12.1 Å². The number of hydrogen-bond acceptors (Lipinski definition) is 4. The van der Waals surface area contributed by atoms with Crippen LogP contribution in [0.3, 0.4) is 0 Å². The maximum Gasteiger partial charge on any atom is 0.260 e. The molecule has 1 unspecified atom stereocenters. The van der Waals surface area contributed by atoms with Crippen LogP contribution < -0.4 is 15.2 Å². The summed E-state index contributed by atoms with van der Waals surface area (Å²) in [5.74, 6) is -0.167. The third kappa shape index (κ3) is 4.71. The molecule has 0 spiro atoms. The van der Waals surface area contributed by atoms with Gasteiger partial charge in [-0.05, 0) is 44.4 Å². The Balaban J connectivity index is 3.11. The number of benzene rings is 1. The van der Waals surface area contributed by atoms with Crippen LogP contribution in [0.1, 0.15) is 31.4 Å². The number of nitrogens with two attached hydrogens (primary N) is 1. The van der Waals surface area contributed by atoms with Crippen molar-refractivity contribution >= 4 is 15.9 Å². The van der Waals surface area contributed by atoms with Crippen LogP contribution in [0.2, 0.25) is 0 Å². The lowest BCUT2D eigenvalue weighted by Gasteiger charge is -2.18. The molecule has 1 aromatic carbocycles. The van der Waals surface area contributed by atoms with E-state index in [0.717, 1.165) is 12.0 Å². The van der Waals surface area contributed by atoms with E-state index in [-0.39, 0.29) is 16.6 Å². The van der Waals surface area contributed by atoms with Crippen molar-refractivity contribution in [2.45, 2.75) is 45.1 Å². The van der Waals surface area contributed by atoms with Crippen molar-refractivity contribution in [2.75, 3.05) is 6.54 Å². The van der Waals surface area contributed by atoms with Crippen LogP contribution in [0.25, 0.3) is 0 Å². The Morgan fingerprint density at radius 3 is 2.52 bits per heavy atom. The normalized spacial score (nSPS) is 12.8. The van der Waals surface area contributed by atoms with Crippen LogP contribution in [-0.4, -0.2) is 27.0 Å². The first-order chi connectivity index (χ1) is 9.66. The second-order valence-corrected chi connectivity index (χ2v) is 6.54. The van der Waals surface area contributed by atoms with Crippen LogP contribution in [0.15, 0.2) is 17.0 Å². The summed E-state index contributed by atoms with van der Waals surface area (Å²) >= 11 is 0. The summed E-state index contributed by atoms with van der Waals surface area (Å²) in [6.07, 6.45) is 0.00298. The number of rotatable bonds is 6. The summed E-state index contributed by atoms with van der Waals surface area (Å²) in [4.78, 5) is 11.7. The van der Waals surface area contributed by atoms with Crippen LogP contribution in [-0.2, 0) is 14.8 Å². The van der Waals surface area contributed by atoms with E-state index in [4.69, 9.17) is 9.88 Å². The van der Waals surface area contributed by atoms with Crippen LogP contribution in [0, 0.1) is 13.8 Å². The Labute approximate surface area is 125 Å². The fourth-order valence-corrected chi connectivity index (χ4v) is 2.72. The molecule has 1 rings (SSSR count).